The van der Waals surface area contributed by atoms with Crippen LogP contribution in [0.25, 0.3) is 0 Å². The number of hydrogen-bond acceptors (Lipinski definition) is 2. The van der Waals surface area contributed by atoms with Crippen LogP contribution < -0.4 is 4.74 Å². The van der Waals surface area contributed by atoms with Gasteiger partial charge in [0.15, 0.2) is 0 Å². The highest BCUT2D eigenvalue weighted by atomic mass is 16.5. The van der Waals surface area contributed by atoms with E-state index < -0.39 is 0 Å². The maximum absolute atomic E-state index is 12.7. The maximum Gasteiger partial charge on any atom is 0.343 e. The van der Waals surface area contributed by atoms with Crippen LogP contribution in [0.4, 0.5) is 0 Å². The van der Waals surface area contributed by atoms with Crippen LogP contribution in [-0.2, 0) is 0 Å². The standard InChI is InChI=1S/C31H42O2/c1-3-5-23-7-11-25(12-8-23)27-15-17-29(18-16-27)31(32)33-30-21-19-28(20-22-30)26-13-9-24(6-4-2)10-14-26/h15-26H,3-14H2,1-2H3/t23?,24-,25?,26-. The predicted octanol–water partition coefficient (Wildman–Crippen LogP) is 9.05. The summed E-state index contributed by atoms with van der Waals surface area (Å²) in [5, 5.41) is 0. The Morgan fingerprint density at radius 3 is 1.52 bits per heavy atom. The largest absolute Gasteiger partial charge is 0.423 e. The molecule has 2 aromatic carbocycles. The molecule has 178 valence electrons. The van der Waals surface area contributed by atoms with E-state index in [2.05, 4.69) is 38.1 Å². The molecule has 0 heterocycles. The summed E-state index contributed by atoms with van der Waals surface area (Å²) < 4.78 is 5.68. The van der Waals surface area contributed by atoms with E-state index in [0.29, 0.717) is 23.1 Å². The van der Waals surface area contributed by atoms with Crippen LogP contribution in [-0.4, -0.2) is 5.97 Å². The molecule has 0 N–H and O–H groups in total. The Balaban J connectivity index is 1.28. The van der Waals surface area contributed by atoms with Gasteiger partial charge in [-0.2, -0.15) is 0 Å². The topological polar surface area (TPSA) is 26.3 Å². The predicted molar refractivity (Wildman–Crippen MR) is 137 cm³/mol. The van der Waals surface area contributed by atoms with Crippen molar-refractivity contribution in [2.24, 2.45) is 11.8 Å². The summed E-state index contributed by atoms with van der Waals surface area (Å²) in [5.41, 5.74) is 3.40. The fourth-order valence-electron chi connectivity index (χ4n) is 6.25. The van der Waals surface area contributed by atoms with Gasteiger partial charge in [0.05, 0.1) is 5.56 Å². The highest BCUT2D eigenvalue weighted by Gasteiger charge is 2.23. The molecular formula is C31H42O2. The first-order chi connectivity index (χ1) is 16.2. The molecule has 2 fully saturated rings. The summed E-state index contributed by atoms with van der Waals surface area (Å²) in [5.74, 6) is 3.53. The Labute approximate surface area is 201 Å². The van der Waals surface area contributed by atoms with Crippen LogP contribution in [0.15, 0.2) is 48.5 Å². The van der Waals surface area contributed by atoms with E-state index in [1.165, 1.54) is 88.2 Å². The van der Waals surface area contributed by atoms with E-state index in [1.54, 1.807) is 0 Å². The zero-order chi connectivity index (χ0) is 23.0. The van der Waals surface area contributed by atoms with E-state index in [4.69, 9.17) is 4.74 Å². The first-order valence-electron chi connectivity index (χ1n) is 13.6. The average Bonchev–Trinajstić information content (AvgIpc) is 2.86. The Hall–Kier alpha value is -2.09. The second-order valence-corrected chi connectivity index (χ2v) is 10.6. The van der Waals surface area contributed by atoms with E-state index in [0.717, 1.165) is 11.8 Å². The van der Waals surface area contributed by atoms with Gasteiger partial charge < -0.3 is 4.74 Å². The summed E-state index contributed by atoms with van der Waals surface area (Å²) in [6, 6.07) is 16.4. The number of rotatable bonds is 8. The van der Waals surface area contributed by atoms with Crippen molar-refractivity contribution in [3.63, 3.8) is 0 Å². The fraction of sp³-hybridized carbons (Fsp3) is 0.581. The third-order valence-corrected chi connectivity index (χ3v) is 8.27. The van der Waals surface area contributed by atoms with Crippen LogP contribution in [0.1, 0.15) is 124 Å². The molecule has 0 radical (unpaired) electrons. The molecule has 0 saturated heterocycles. The number of carbonyl (C=O) groups excluding carboxylic acids is 1. The maximum atomic E-state index is 12.7. The molecule has 2 heteroatoms. The lowest BCUT2D eigenvalue weighted by Gasteiger charge is -2.28. The quantitative estimate of drug-likeness (QED) is 0.298. The van der Waals surface area contributed by atoms with Gasteiger partial charge in [0.2, 0.25) is 0 Å². The summed E-state index contributed by atoms with van der Waals surface area (Å²) in [6.07, 6.45) is 15.9. The molecule has 0 aromatic heterocycles. The lowest BCUT2D eigenvalue weighted by Crippen LogP contribution is -2.14. The average molecular weight is 447 g/mol. The molecule has 2 aromatic rings. The Bertz CT molecular complexity index is 851. The van der Waals surface area contributed by atoms with Crippen LogP contribution in [0.5, 0.6) is 5.75 Å². The number of esters is 1. The van der Waals surface area contributed by atoms with Crippen molar-refractivity contribution >= 4 is 5.97 Å². The van der Waals surface area contributed by atoms with Gasteiger partial charge in [-0.3, -0.25) is 0 Å². The second-order valence-electron chi connectivity index (χ2n) is 10.6. The van der Waals surface area contributed by atoms with E-state index in [-0.39, 0.29) is 5.97 Å². The van der Waals surface area contributed by atoms with Crippen LogP contribution in [0.2, 0.25) is 0 Å². The molecule has 2 aliphatic carbocycles. The lowest BCUT2D eigenvalue weighted by molar-refractivity contribution is 0.0734. The molecule has 33 heavy (non-hydrogen) atoms. The lowest BCUT2D eigenvalue weighted by atomic mass is 9.77. The van der Waals surface area contributed by atoms with Crippen molar-refractivity contribution in [2.75, 3.05) is 0 Å². The smallest absolute Gasteiger partial charge is 0.343 e. The third-order valence-electron chi connectivity index (χ3n) is 8.27. The van der Waals surface area contributed by atoms with Gasteiger partial charge in [-0.25, -0.2) is 4.79 Å². The van der Waals surface area contributed by atoms with Crippen LogP contribution in [0.3, 0.4) is 0 Å². The molecule has 0 bridgehead atoms. The van der Waals surface area contributed by atoms with Gasteiger partial charge in [-0.15, -0.1) is 0 Å². The Morgan fingerprint density at radius 2 is 1.09 bits per heavy atom. The molecular weight excluding hydrogens is 404 g/mol. The zero-order valence-electron chi connectivity index (χ0n) is 20.7. The molecule has 0 spiro atoms. The molecule has 2 aliphatic rings. The molecule has 0 aliphatic heterocycles. The Kier molecular flexibility index (Phi) is 8.64. The summed E-state index contributed by atoms with van der Waals surface area (Å²) in [4.78, 5) is 12.7. The van der Waals surface area contributed by atoms with Gasteiger partial charge in [-0.1, -0.05) is 63.8 Å². The number of carbonyl (C=O) groups is 1. The van der Waals surface area contributed by atoms with E-state index in [9.17, 15) is 4.79 Å². The van der Waals surface area contributed by atoms with E-state index in [1.807, 2.05) is 24.3 Å². The van der Waals surface area contributed by atoms with E-state index >= 15 is 0 Å². The number of benzene rings is 2. The Morgan fingerprint density at radius 1 is 0.667 bits per heavy atom. The first-order valence-corrected chi connectivity index (χ1v) is 13.6. The van der Waals surface area contributed by atoms with Gasteiger partial charge >= 0.3 is 5.97 Å². The minimum absolute atomic E-state index is 0.263. The molecule has 0 unspecified atom stereocenters. The van der Waals surface area contributed by atoms with Crippen molar-refractivity contribution < 1.29 is 9.53 Å². The van der Waals surface area contributed by atoms with Crippen LogP contribution in [0, 0.1) is 11.8 Å². The van der Waals surface area contributed by atoms with Gasteiger partial charge in [0.25, 0.3) is 0 Å². The summed E-state index contributed by atoms with van der Waals surface area (Å²) >= 11 is 0. The number of ether oxygens (including phenoxy) is 1. The highest BCUT2D eigenvalue weighted by molar-refractivity contribution is 5.91. The molecule has 0 atom stereocenters. The van der Waals surface area contributed by atoms with Crippen molar-refractivity contribution in [3.05, 3.63) is 65.2 Å². The first kappa shape index (κ1) is 24.0. The normalized spacial score (nSPS) is 25.5. The molecule has 0 amide bonds. The molecule has 2 saturated carbocycles. The van der Waals surface area contributed by atoms with Crippen molar-refractivity contribution in [1.29, 1.82) is 0 Å². The monoisotopic (exact) mass is 446 g/mol. The SMILES string of the molecule is CCCC1CCC(c2ccc(C(=O)Oc3ccc([C@H]4CC[C@H](CCC)CC4)cc3)cc2)CC1. The number of hydrogen-bond donors (Lipinski definition) is 0. The third kappa shape index (κ3) is 6.49. The van der Waals surface area contributed by atoms with Crippen molar-refractivity contribution in [1.82, 2.24) is 0 Å². The fourth-order valence-corrected chi connectivity index (χ4v) is 6.25. The van der Waals surface area contributed by atoms with Crippen molar-refractivity contribution in [3.8, 4) is 5.75 Å². The summed E-state index contributed by atoms with van der Waals surface area (Å²) in [6.45, 7) is 4.58. The minimum Gasteiger partial charge on any atom is -0.423 e. The molecule has 2 nitrogen and oxygen atoms in total. The van der Waals surface area contributed by atoms with Gasteiger partial charge in [0.1, 0.15) is 5.75 Å². The van der Waals surface area contributed by atoms with Gasteiger partial charge in [0, 0.05) is 0 Å². The van der Waals surface area contributed by atoms with Crippen molar-refractivity contribution in [2.45, 2.75) is 103 Å². The van der Waals surface area contributed by atoms with Gasteiger partial charge in [-0.05, 0) is 110 Å². The van der Waals surface area contributed by atoms with Crippen LogP contribution >= 0.6 is 0 Å². The molecule has 4 rings (SSSR count). The minimum atomic E-state index is -0.263. The zero-order valence-corrected chi connectivity index (χ0v) is 20.7. The highest BCUT2D eigenvalue weighted by Crippen LogP contribution is 2.39. The second kappa shape index (κ2) is 11.9. The summed E-state index contributed by atoms with van der Waals surface area (Å²) in [7, 11) is 0.